The Morgan fingerprint density at radius 1 is 1.21 bits per heavy atom. The largest absolute Gasteiger partial charge is 0.454 e. The number of aromatic nitrogens is 4. The van der Waals surface area contributed by atoms with Gasteiger partial charge in [0, 0.05) is 13.0 Å². The number of nitrogens with zero attached hydrogens (tertiary/aromatic N) is 4. The monoisotopic (exact) mass is 261 g/mol. The molecule has 0 saturated heterocycles. The van der Waals surface area contributed by atoms with Gasteiger partial charge in [-0.3, -0.25) is 0 Å². The number of benzene rings is 1. The number of ether oxygens (including phenoxy) is 2. The molecule has 0 atom stereocenters. The molecule has 0 saturated carbocycles. The van der Waals surface area contributed by atoms with Gasteiger partial charge in [0.15, 0.2) is 17.3 Å². The molecule has 2 aromatic rings. The zero-order valence-electron chi connectivity index (χ0n) is 10.5. The van der Waals surface area contributed by atoms with Gasteiger partial charge in [-0.25, -0.2) is 0 Å². The molecule has 1 aromatic heterocycles. The van der Waals surface area contributed by atoms with Crippen molar-refractivity contribution in [3.63, 3.8) is 0 Å². The van der Waals surface area contributed by atoms with Crippen LogP contribution in [-0.4, -0.2) is 33.5 Å². The number of hydrogen-bond acceptors (Lipinski definition) is 6. The molecule has 3 rings (SSSR count). The molecule has 7 nitrogen and oxygen atoms in total. The van der Waals surface area contributed by atoms with E-state index in [4.69, 9.17) is 15.2 Å². The van der Waals surface area contributed by atoms with Crippen molar-refractivity contribution < 1.29 is 9.47 Å². The predicted octanol–water partition coefficient (Wildman–Crippen LogP) is 0.146. The maximum Gasteiger partial charge on any atom is 0.231 e. The van der Waals surface area contributed by atoms with Crippen LogP contribution in [0, 0.1) is 0 Å². The van der Waals surface area contributed by atoms with Crippen LogP contribution >= 0.6 is 0 Å². The van der Waals surface area contributed by atoms with E-state index in [1.165, 1.54) is 10.4 Å². The van der Waals surface area contributed by atoms with Crippen molar-refractivity contribution in [1.82, 2.24) is 20.2 Å². The summed E-state index contributed by atoms with van der Waals surface area (Å²) in [6.45, 7) is 1.41. The van der Waals surface area contributed by atoms with Gasteiger partial charge in [0.05, 0.1) is 6.54 Å². The quantitative estimate of drug-likeness (QED) is 0.824. The zero-order valence-corrected chi connectivity index (χ0v) is 10.5. The minimum Gasteiger partial charge on any atom is -0.454 e. The van der Waals surface area contributed by atoms with Crippen molar-refractivity contribution in [2.45, 2.75) is 19.4 Å². The van der Waals surface area contributed by atoms with E-state index in [0.29, 0.717) is 19.9 Å². The van der Waals surface area contributed by atoms with Gasteiger partial charge in [0.2, 0.25) is 6.79 Å². The van der Waals surface area contributed by atoms with Crippen LogP contribution in [-0.2, 0) is 19.4 Å². The fourth-order valence-corrected chi connectivity index (χ4v) is 1.94. The Balaban J connectivity index is 1.62. The van der Waals surface area contributed by atoms with Crippen molar-refractivity contribution in [2.75, 3.05) is 13.3 Å². The van der Waals surface area contributed by atoms with Crippen molar-refractivity contribution in [3.05, 3.63) is 29.6 Å². The van der Waals surface area contributed by atoms with Gasteiger partial charge >= 0.3 is 0 Å². The minimum atomic E-state index is 0.299. The highest BCUT2D eigenvalue weighted by Crippen LogP contribution is 2.32. The summed E-state index contributed by atoms with van der Waals surface area (Å²) < 4.78 is 10.6. The van der Waals surface area contributed by atoms with Gasteiger partial charge in [-0.1, -0.05) is 6.07 Å². The molecular formula is C12H15N5O2. The molecule has 7 heteroatoms. The van der Waals surface area contributed by atoms with Gasteiger partial charge in [0.25, 0.3) is 0 Å². The van der Waals surface area contributed by atoms with Gasteiger partial charge in [-0.05, 0) is 29.3 Å². The fourth-order valence-electron chi connectivity index (χ4n) is 1.94. The highest BCUT2D eigenvalue weighted by molar-refractivity contribution is 5.44. The van der Waals surface area contributed by atoms with Gasteiger partial charge in [0.1, 0.15) is 0 Å². The summed E-state index contributed by atoms with van der Waals surface area (Å²) in [5.41, 5.74) is 6.60. The van der Waals surface area contributed by atoms with Crippen molar-refractivity contribution in [2.24, 2.45) is 5.73 Å². The van der Waals surface area contributed by atoms with Crippen molar-refractivity contribution in [3.8, 4) is 11.5 Å². The Kier molecular flexibility index (Phi) is 3.28. The van der Waals surface area contributed by atoms with E-state index in [1.54, 1.807) is 0 Å². The fraction of sp³-hybridized carbons (Fsp3) is 0.417. The van der Waals surface area contributed by atoms with Crippen LogP contribution in [0.3, 0.4) is 0 Å². The van der Waals surface area contributed by atoms with Crippen LogP contribution in [0.4, 0.5) is 0 Å². The third-order valence-electron chi connectivity index (χ3n) is 2.90. The van der Waals surface area contributed by atoms with Gasteiger partial charge < -0.3 is 15.2 Å². The minimum absolute atomic E-state index is 0.299. The normalized spacial score (nSPS) is 12.9. The summed E-state index contributed by atoms with van der Waals surface area (Å²) >= 11 is 0. The first kappa shape index (κ1) is 11.9. The van der Waals surface area contributed by atoms with Crippen LogP contribution in [0.5, 0.6) is 11.5 Å². The molecule has 0 unspecified atom stereocenters. The van der Waals surface area contributed by atoms with E-state index in [9.17, 15) is 0 Å². The zero-order chi connectivity index (χ0) is 13.1. The van der Waals surface area contributed by atoms with Crippen LogP contribution < -0.4 is 15.2 Å². The summed E-state index contributed by atoms with van der Waals surface area (Å²) in [6.07, 6.45) is 1.58. The maximum absolute atomic E-state index is 5.43. The molecule has 0 fully saturated rings. The molecule has 1 aliphatic rings. The van der Waals surface area contributed by atoms with E-state index in [0.717, 1.165) is 30.2 Å². The van der Waals surface area contributed by atoms with Gasteiger partial charge in [-0.15, -0.1) is 10.2 Å². The van der Waals surface area contributed by atoms with E-state index in [2.05, 4.69) is 15.4 Å². The molecule has 0 bridgehead atoms. The Labute approximate surface area is 110 Å². The predicted molar refractivity (Wildman–Crippen MR) is 66.8 cm³/mol. The highest BCUT2D eigenvalue weighted by atomic mass is 16.7. The number of rotatable bonds is 5. The molecule has 0 amide bonds. The first-order chi connectivity index (χ1) is 9.35. The Hall–Kier alpha value is -2.15. The summed E-state index contributed by atoms with van der Waals surface area (Å²) in [7, 11) is 0. The second-order valence-electron chi connectivity index (χ2n) is 4.28. The smallest absolute Gasteiger partial charge is 0.231 e. The van der Waals surface area contributed by atoms with E-state index < -0.39 is 0 Å². The summed E-state index contributed by atoms with van der Waals surface area (Å²) in [5.74, 6) is 2.33. The molecule has 0 spiro atoms. The molecule has 19 heavy (non-hydrogen) atoms. The lowest BCUT2D eigenvalue weighted by atomic mass is 10.1. The van der Waals surface area contributed by atoms with Crippen LogP contribution in [0.25, 0.3) is 0 Å². The summed E-state index contributed by atoms with van der Waals surface area (Å²) in [5, 5.41) is 12.2. The first-order valence-corrected chi connectivity index (χ1v) is 6.20. The van der Waals surface area contributed by atoms with Gasteiger partial charge in [-0.2, -0.15) is 4.80 Å². The highest BCUT2D eigenvalue weighted by Gasteiger charge is 2.13. The molecule has 1 aromatic carbocycles. The third kappa shape index (κ3) is 2.65. The number of nitrogens with two attached hydrogens (primary N) is 1. The summed E-state index contributed by atoms with van der Waals surface area (Å²) in [6, 6.07) is 5.95. The lowest BCUT2D eigenvalue weighted by Gasteiger charge is -2.01. The Morgan fingerprint density at radius 3 is 3.00 bits per heavy atom. The number of aryl methyl sites for hydroxylation is 2. The SMILES string of the molecule is NCCn1nnc(CCc2ccc3c(c2)OCO3)n1. The topological polar surface area (TPSA) is 88.1 Å². The summed E-state index contributed by atoms with van der Waals surface area (Å²) in [4.78, 5) is 1.52. The molecule has 2 N–H and O–H groups in total. The average Bonchev–Trinajstić information content (AvgIpc) is 3.04. The standard InChI is InChI=1S/C12H15N5O2/c13-5-6-17-15-12(14-16-17)4-2-9-1-3-10-11(7-9)19-8-18-10/h1,3,7H,2,4-6,8,13H2. The maximum atomic E-state index is 5.43. The van der Waals surface area contributed by atoms with E-state index >= 15 is 0 Å². The lowest BCUT2D eigenvalue weighted by Crippen LogP contribution is -2.12. The number of tetrazole rings is 1. The van der Waals surface area contributed by atoms with Crippen molar-refractivity contribution in [1.29, 1.82) is 0 Å². The second kappa shape index (κ2) is 5.23. The van der Waals surface area contributed by atoms with Crippen LogP contribution in [0.1, 0.15) is 11.4 Å². The van der Waals surface area contributed by atoms with E-state index in [-0.39, 0.29) is 0 Å². The first-order valence-electron chi connectivity index (χ1n) is 6.20. The van der Waals surface area contributed by atoms with E-state index in [1.807, 2.05) is 18.2 Å². The van der Waals surface area contributed by atoms with Crippen LogP contribution in [0.15, 0.2) is 18.2 Å². The molecule has 100 valence electrons. The Morgan fingerprint density at radius 2 is 2.11 bits per heavy atom. The Bertz CT molecular complexity index is 569. The molecular weight excluding hydrogens is 246 g/mol. The van der Waals surface area contributed by atoms with Crippen LogP contribution in [0.2, 0.25) is 0 Å². The molecule has 0 aliphatic carbocycles. The second-order valence-corrected chi connectivity index (χ2v) is 4.28. The average molecular weight is 261 g/mol. The number of fused-ring (bicyclic) bond motifs is 1. The molecule has 1 aliphatic heterocycles. The molecule has 2 heterocycles. The van der Waals surface area contributed by atoms with Crippen molar-refractivity contribution >= 4 is 0 Å². The lowest BCUT2D eigenvalue weighted by molar-refractivity contribution is 0.174. The third-order valence-corrected chi connectivity index (χ3v) is 2.90. The number of hydrogen-bond donors (Lipinski definition) is 1. The molecule has 0 radical (unpaired) electrons.